The minimum absolute atomic E-state index is 0.00949. The number of aromatic nitrogens is 1. The number of carbonyl (C=O) groups excluding carboxylic acids is 2. The Morgan fingerprint density at radius 3 is 2.15 bits per heavy atom. The molecule has 1 fully saturated rings. The summed E-state index contributed by atoms with van der Waals surface area (Å²) < 4.78 is 5.26. The van der Waals surface area contributed by atoms with E-state index in [4.69, 9.17) is 4.52 Å². The molecule has 4 rings (SSSR count). The van der Waals surface area contributed by atoms with Gasteiger partial charge < -0.3 is 14.3 Å². The molecular formula is C27H31N3O3S. The molecule has 2 aromatic carbocycles. The maximum atomic E-state index is 13.3. The minimum atomic E-state index is 0.00949. The molecule has 1 aliphatic rings. The quantitative estimate of drug-likeness (QED) is 0.451. The molecule has 0 aliphatic carbocycles. The van der Waals surface area contributed by atoms with Gasteiger partial charge in [0.1, 0.15) is 5.76 Å². The van der Waals surface area contributed by atoms with E-state index in [9.17, 15) is 9.59 Å². The number of rotatable bonds is 6. The van der Waals surface area contributed by atoms with E-state index in [1.807, 2.05) is 72.2 Å². The van der Waals surface area contributed by atoms with E-state index in [1.165, 1.54) is 5.56 Å². The van der Waals surface area contributed by atoms with Gasteiger partial charge in [-0.05, 0) is 49.6 Å². The lowest BCUT2D eigenvalue weighted by molar-refractivity contribution is 0.0533. The van der Waals surface area contributed by atoms with E-state index in [-0.39, 0.29) is 11.8 Å². The average molecular weight is 478 g/mol. The van der Waals surface area contributed by atoms with Crippen LogP contribution in [-0.4, -0.2) is 52.9 Å². The molecule has 178 valence electrons. The summed E-state index contributed by atoms with van der Waals surface area (Å²) in [6.07, 6.45) is 0. The zero-order valence-corrected chi connectivity index (χ0v) is 21.0. The Bertz CT molecular complexity index is 1140. The van der Waals surface area contributed by atoms with Gasteiger partial charge in [0, 0.05) is 48.0 Å². The summed E-state index contributed by atoms with van der Waals surface area (Å²) in [6.45, 7) is 10.2. The standard InChI is InChI=1S/C27H31N3O3S/c1-18(2)21-9-11-22(12-10-21)26(31)29-13-15-30(16-14-29)27(32)23-7-5-6-8-25(23)34-17-24-19(3)28-33-20(24)4/h5-12,18H,13-17H2,1-4H3. The second-order valence-corrected chi connectivity index (χ2v) is 9.97. The summed E-state index contributed by atoms with van der Waals surface area (Å²) in [5, 5.41) is 4.02. The molecule has 7 heteroatoms. The summed E-state index contributed by atoms with van der Waals surface area (Å²) in [6, 6.07) is 15.6. The fourth-order valence-corrected chi connectivity index (χ4v) is 5.30. The lowest BCUT2D eigenvalue weighted by Crippen LogP contribution is -2.50. The Balaban J connectivity index is 1.38. The molecule has 0 bridgehead atoms. The Morgan fingerprint density at radius 1 is 0.941 bits per heavy atom. The Morgan fingerprint density at radius 2 is 1.56 bits per heavy atom. The van der Waals surface area contributed by atoms with Gasteiger partial charge in [-0.2, -0.15) is 0 Å². The first-order valence-electron chi connectivity index (χ1n) is 11.7. The molecule has 6 nitrogen and oxygen atoms in total. The van der Waals surface area contributed by atoms with Crippen molar-refractivity contribution in [2.24, 2.45) is 0 Å². The lowest BCUT2D eigenvalue weighted by atomic mass is 10.0. The van der Waals surface area contributed by atoms with Crippen molar-refractivity contribution < 1.29 is 14.1 Å². The van der Waals surface area contributed by atoms with Crippen LogP contribution in [0.1, 0.15) is 63.1 Å². The van der Waals surface area contributed by atoms with Crippen molar-refractivity contribution in [3.63, 3.8) is 0 Å². The predicted molar refractivity (Wildman–Crippen MR) is 134 cm³/mol. The van der Waals surface area contributed by atoms with Crippen molar-refractivity contribution in [2.45, 2.75) is 44.3 Å². The number of amides is 2. The molecular weight excluding hydrogens is 446 g/mol. The fourth-order valence-electron chi connectivity index (χ4n) is 4.10. The van der Waals surface area contributed by atoms with E-state index >= 15 is 0 Å². The topological polar surface area (TPSA) is 66.7 Å². The van der Waals surface area contributed by atoms with E-state index < -0.39 is 0 Å². The Labute approximate surface area is 205 Å². The van der Waals surface area contributed by atoms with Gasteiger partial charge in [-0.3, -0.25) is 9.59 Å². The van der Waals surface area contributed by atoms with E-state index in [0.29, 0.717) is 49.0 Å². The molecule has 1 aliphatic heterocycles. The number of hydrogen-bond acceptors (Lipinski definition) is 5. The number of piperazine rings is 1. The number of nitrogens with zero attached hydrogens (tertiary/aromatic N) is 3. The highest BCUT2D eigenvalue weighted by molar-refractivity contribution is 7.98. The third-order valence-electron chi connectivity index (χ3n) is 6.35. The first-order chi connectivity index (χ1) is 16.3. The van der Waals surface area contributed by atoms with Gasteiger partial charge >= 0.3 is 0 Å². The van der Waals surface area contributed by atoms with Crippen LogP contribution >= 0.6 is 11.8 Å². The summed E-state index contributed by atoms with van der Waals surface area (Å²) in [4.78, 5) is 30.9. The van der Waals surface area contributed by atoms with Crippen molar-refractivity contribution in [1.29, 1.82) is 0 Å². The highest BCUT2D eigenvalue weighted by Crippen LogP contribution is 2.29. The molecule has 0 spiro atoms. The van der Waals surface area contributed by atoms with Crippen molar-refractivity contribution in [1.82, 2.24) is 15.0 Å². The molecule has 0 unspecified atom stereocenters. The molecule has 34 heavy (non-hydrogen) atoms. The second-order valence-electron chi connectivity index (χ2n) is 8.95. The van der Waals surface area contributed by atoms with E-state index in [0.717, 1.165) is 21.9 Å². The largest absolute Gasteiger partial charge is 0.361 e. The summed E-state index contributed by atoms with van der Waals surface area (Å²) >= 11 is 1.62. The maximum absolute atomic E-state index is 13.3. The SMILES string of the molecule is Cc1noc(C)c1CSc1ccccc1C(=O)N1CCN(C(=O)c2ccc(C(C)C)cc2)CC1. The van der Waals surface area contributed by atoms with Crippen molar-refractivity contribution in [3.05, 3.63) is 82.2 Å². The third kappa shape index (κ3) is 5.20. The van der Waals surface area contributed by atoms with Crippen LogP contribution in [0.2, 0.25) is 0 Å². The third-order valence-corrected chi connectivity index (χ3v) is 7.45. The first kappa shape index (κ1) is 24.1. The van der Waals surface area contributed by atoms with Crippen LogP contribution in [0.4, 0.5) is 0 Å². The number of benzene rings is 2. The maximum Gasteiger partial charge on any atom is 0.255 e. The van der Waals surface area contributed by atoms with Crippen LogP contribution in [0.3, 0.4) is 0 Å². The first-order valence-corrected chi connectivity index (χ1v) is 12.7. The fraction of sp³-hybridized carbons (Fsp3) is 0.370. The van der Waals surface area contributed by atoms with Gasteiger partial charge in [-0.25, -0.2) is 0 Å². The molecule has 2 heterocycles. The van der Waals surface area contributed by atoms with Gasteiger partial charge in [-0.15, -0.1) is 11.8 Å². The molecule has 1 aromatic heterocycles. The van der Waals surface area contributed by atoms with Crippen molar-refractivity contribution in [3.8, 4) is 0 Å². The van der Waals surface area contributed by atoms with Crippen LogP contribution in [0.15, 0.2) is 57.9 Å². The number of aryl methyl sites for hydroxylation is 2. The zero-order chi connectivity index (χ0) is 24.2. The van der Waals surface area contributed by atoms with Crippen LogP contribution in [0, 0.1) is 13.8 Å². The zero-order valence-electron chi connectivity index (χ0n) is 20.2. The summed E-state index contributed by atoms with van der Waals surface area (Å²) in [5.74, 6) is 1.98. The number of thioether (sulfide) groups is 1. The predicted octanol–water partition coefficient (Wildman–Crippen LogP) is 5.31. The second kappa shape index (κ2) is 10.5. The monoisotopic (exact) mass is 477 g/mol. The molecule has 1 saturated heterocycles. The van der Waals surface area contributed by atoms with Crippen LogP contribution < -0.4 is 0 Å². The summed E-state index contributed by atoms with van der Waals surface area (Å²) in [5.41, 5.74) is 4.57. The minimum Gasteiger partial charge on any atom is -0.361 e. The highest BCUT2D eigenvalue weighted by atomic mass is 32.2. The molecule has 0 atom stereocenters. The van der Waals surface area contributed by atoms with Gasteiger partial charge in [0.15, 0.2) is 0 Å². The molecule has 3 aromatic rings. The molecule has 0 N–H and O–H groups in total. The lowest BCUT2D eigenvalue weighted by Gasteiger charge is -2.35. The van der Waals surface area contributed by atoms with Crippen LogP contribution in [0.25, 0.3) is 0 Å². The Hall–Kier alpha value is -3.06. The van der Waals surface area contributed by atoms with E-state index in [2.05, 4.69) is 19.0 Å². The van der Waals surface area contributed by atoms with Crippen molar-refractivity contribution in [2.75, 3.05) is 26.2 Å². The summed E-state index contributed by atoms with van der Waals surface area (Å²) in [7, 11) is 0. The molecule has 0 saturated carbocycles. The highest BCUT2D eigenvalue weighted by Gasteiger charge is 2.27. The smallest absolute Gasteiger partial charge is 0.255 e. The van der Waals surface area contributed by atoms with Gasteiger partial charge in [-0.1, -0.05) is 43.3 Å². The van der Waals surface area contributed by atoms with Crippen LogP contribution in [0.5, 0.6) is 0 Å². The number of carbonyl (C=O) groups is 2. The van der Waals surface area contributed by atoms with Gasteiger partial charge in [0.05, 0.1) is 11.3 Å². The number of hydrogen-bond donors (Lipinski definition) is 0. The van der Waals surface area contributed by atoms with Gasteiger partial charge in [0.2, 0.25) is 0 Å². The molecule has 2 amide bonds. The average Bonchev–Trinajstić information content (AvgIpc) is 3.19. The normalized spacial score (nSPS) is 14.0. The molecule has 0 radical (unpaired) electrons. The van der Waals surface area contributed by atoms with Crippen LogP contribution in [-0.2, 0) is 5.75 Å². The van der Waals surface area contributed by atoms with Crippen molar-refractivity contribution >= 4 is 23.6 Å². The van der Waals surface area contributed by atoms with Gasteiger partial charge in [0.25, 0.3) is 11.8 Å². The van der Waals surface area contributed by atoms with E-state index in [1.54, 1.807) is 11.8 Å². The Kier molecular flexibility index (Phi) is 7.41.